The van der Waals surface area contributed by atoms with E-state index >= 15 is 0 Å². The lowest BCUT2D eigenvalue weighted by Crippen LogP contribution is -2.05. The number of hydrogen-bond acceptors (Lipinski definition) is 1. The molecular weight excluding hydrogens is 295 g/mol. The molecule has 18 heavy (non-hydrogen) atoms. The summed E-state index contributed by atoms with van der Waals surface area (Å²) in [5, 5.41) is 0. The Hall–Kier alpha value is -1.48. The quantitative estimate of drug-likeness (QED) is 0.769. The number of benzene rings is 2. The number of ketones is 1. The van der Waals surface area contributed by atoms with Crippen LogP contribution < -0.4 is 0 Å². The molecule has 0 N–H and O–H groups in total. The van der Waals surface area contributed by atoms with Crippen LogP contribution in [0.25, 0.3) is 0 Å². The van der Waals surface area contributed by atoms with E-state index in [4.69, 9.17) is 0 Å². The van der Waals surface area contributed by atoms with Crippen LogP contribution >= 0.6 is 15.9 Å². The van der Waals surface area contributed by atoms with Gasteiger partial charge < -0.3 is 0 Å². The molecule has 1 nitrogen and oxygen atoms in total. The highest BCUT2D eigenvalue weighted by atomic mass is 79.9. The number of hydrogen-bond donors (Lipinski definition) is 0. The van der Waals surface area contributed by atoms with Crippen molar-refractivity contribution in [2.75, 3.05) is 0 Å². The van der Waals surface area contributed by atoms with Crippen LogP contribution in [0.3, 0.4) is 0 Å². The highest BCUT2D eigenvalue weighted by molar-refractivity contribution is 9.10. The maximum absolute atomic E-state index is 13.9. The van der Waals surface area contributed by atoms with Crippen LogP contribution in [0, 0.1) is 5.82 Å². The first-order valence-corrected chi connectivity index (χ1v) is 6.50. The van der Waals surface area contributed by atoms with Crippen LogP contribution in [0.4, 0.5) is 4.39 Å². The smallest absolute Gasteiger partial charge is 0.196 e. The molecule has 0 aliphatic rings. The highest BCUT2D eigenvalue weighted by Crippen LogP contribution is 2.21. The fourth-order valence-corrected chi connectivity index (χ4v) is 2.13. The SMILES string of the molecule is CCc1cccc(C(=O)c2cccc(Br)c2F)c1. The summed E-state index contributed by atoms with van der Waals surface area (Å²) in [5.41, 5.74) is 1.68. The topological polar surface area (TPSA) is 17.1 Å². The minimum absolute atomic E-state index is 0.0950. The van der Waals surface area contributed by atoms with E-state index < -0.39 is 5.82 Å². The minimum Gasteiger partial charge on any atom is -0.288 e. The monoisotopic (exact) mass is 306 g/mol. The standard InChI is InChI=1S/C15H12BrFO/c1-2-10-5-3-6-11(9-10)15(18)12-7-4-8-13(16)14(12)17/h3-9H,2H2,1H3. The van der Waals surface area contributed by atoms with Crippen molar-refractivity contribution in [3.63, 3.8) is 0 Å². The Balaban J connectivity index is 2.44. The Morgan fingerprint density at radius 2 is 1.94 bits per heavy atom. The Morgan fingerprint density at radius 1 is 1.22 bits per heavy atom. The third-order valence-electron chi connectivity index (χ3n) is 2.79. The molecule has 0 fully saturated rings. The molecule has 2 aromatic rings. The first-order valence-electron chi connectivity index (χ1n) is 5.71. The summed E-state index contributed by atoms with van der Waals surface area (Å²) < 4.78 is 14.2. The predicted molar refractivity (Wildman–Crippen MR) is 73.4 cm³/mol. The molecule has 0 saturated carbocycles. The van der Waals surface area contributed by atoms with E-state index in [-0.39, 0.29) is 11.3 Å². The van der Waals surface area contributed by atoms with Crippen molar-refractivity contribution in [2.45, 2.75) is 13.3 Å². The van der Waals surface area contributed by atoms with Gasteiger partial charge in [-0.2, -0.15) is 0 Å². The molecule has 0 radical (unpaired) electrons. The lowest BCUT2D eigenvalue weighted by molar-refractivity contribution is 0.103. The zero-order valence-corrected chi connectivity index (χ0v) is 11.5. The second-order valence-corrected chi connectivity index (χ2v) is 4.84. The molecular formula is C15H12BrFO. The van der Waals surface area contributed by atoms with E-state index in [0.29, 0.717) is 10.0 Å². The van der Waals surface area contributed by atoms with E-state index in [2.05, 4.69) is 15.9 Å². The normalized spacial score (nSPS) is 10.4. The number of carbonyl (C=O) groups is 1. The van der Waals surface area contributed by atoms with Crippen molar-refractivity contribution >= 4 is 21.7 Å². The first-order chi connectivity index (χ1) is 8.63. The molecule has 0 unspecified atom stereocenters. The van der Waals surface area contributed by atoms with Gasteiger partial charge in [0.05, 0.1) is 10.0 Å². The van der Waals surface area contributed by atoms with Crippen LogP contribution in [0.2, 0.25) is 0 Å². The van der Waals surface area contributed by atoms with E-state index in [1.54, 1.807) is 18.2 Å². The zero-order chi connectivity index (χ0) is 13.1. The molecule has 0 heterocycles. The molecule has 0 aliphatic carbocycles. The largest absolute Gasteiger partial charge is 0.288 e. The zero-order valence-electron chi connectivity index (χ0n) is 9.91. The van der Waals surface area contributed by atoms with E-state index in [0.717, 1.165) is 12.0 Å². The summed E-state index contributed by atoms with van der Waals surface area (Å²) in [5.74, 6) is -0.798. The second-order valence-electron chi connectivity index (χ2n) is 3.98. The van der Waals surface area contributed by atoms with Gasteiger partial charge in [0.15, 0.2) is 5.78 Å². The molecule has 0 bridgehead atoms. The summed E-state index contributed by atoms with van der Waals surface area (Å²) in [6, 6.07) is 12.0. The lowest BCUT2D eigenvalue weighted by Gasteiger charge is -2.05. The van der Waals surface area contributed by atoms with Crippen molar-refractivity contribution < 1.29 is 9.18 Å². The van der Waals surface area contributed by atoms with Crippen molar-refractivity contribution in [2.24, 2.45) is 0 Å². The van der Waals surface area contributed by atoms with Gasteiger partial charge in [-0.15, -0.1) is 0 Å². The van der Waals surface area contributed by atoms with Gasteiger partial charge in [0, 0.05) is 5.56 Å². The summed E-state index contributed by atoms with van der Waals surface area (Å²) >= 11 is 3.09. The average molecular weight is 307 g/mol. The summed E-state index contributed by atoms with van der Waals surface area (Å²) in [6.45, 7) is 2.02. The molecule has 0 saturated heterocycles. The molecule has 2 aromatic carbocycles. The van der Waals surface area contributed by atoms with Gasteiger partial charge in [0.1, 0.15) is 5.82 Å². The van der Waals surface area contributed by atoms with E-state index in [9.17, 15) is 9.18 Å². The van der Waals surface area contributed by atoms with Crippen LogP contribution in [-0.2, 0) is 6.42 Å². The molecule has 0 amide bonds. The summed E-state index contributed by atoms with van der Waals surface area (Å²) in [6.07, 6.45) is 0.849. The van der Waals surface area contributed by atoms with Gasteiger partial charge >= 0.3 is 0 Å². The summed E-state index contributed by atoms with van der Waals surface area (Å²) in [4.78, 5) is 12.2. The van der Waals surface area contributed by atoms with Crippen molar-refractivity contribution in [3.8, 4) is 0 Å². The number of aryl methyl sites for hydroxylation is 1. The third kappa shape index (κ3) is 2.51. The molecule has 0 atom stereocenters. The third-order valence-corrected chi connectivity index (χ3v) is 3.41. The highest BCUT2D eigenvalue weighted by Gasteiger charge is 2.15. The maximum atomic E-state index is 13.9. The Bertz CT molecular complexity index is 593. The fourth-order valence-electron chi connectivity index (χ4n) is 1.77. The van der Waals surface area contributed by atoms with Crippen LogP contribution in [-0.4, -0.2) is 5.78 Å². The second kappa shape index (κ2) is 5.44. The average Bonchev–Trinajstić information content (AvgIpc) is 2.41. The fraction of sp³-hybridized carbons (Fsp3) is 0.133. The van der Waals surface area contributed by atoms with Crippen LogP contribution in [0.1, 0.15) is 28.4 Å². The van der Waals surface area contributed by atoms with Crippen molar-refractivity contribution in [3.05, 3.63) is 69.4 Å². The summed E-state index contributed by atoms with van der Waals surface area (Å²) in [7, 11) is 0. The molecule has 0 spiro atoms. The van der Waals surface area contributed by atoms with E-state index in [1.807, 2.05) is 25.1 Å². The van der Waals surface area contributed by atoms with Gasteiger partial charge in [-0.3, -0.25) is 4.79 Å². The van der Waals surface area contributed by atoms with Crippen LogP contribution in [0.15, 0.2) is 46.9 Å². The van der Waals surface area contributed by atoms with Gasteiger partial charge in [-0.25, -0.2) is 4.39 Å². The van der Waals surface area contributed by atoms with Crippen molar-refractivity contribution in [1.29, 1.82) is 0 Å². The van der Waals surface area contributed by atoms with Gasteiger partial charge in [-0.05, 0) is 46.1 Å². The van der Waals surface area contributed by atoms with Gasteiger partial charge in [-0.1, -0.05) is 31.2 Å². The Morgan fingerprint density at radius 3 is 2.67 bits per heavy atom. The Kier molecular flexibility index (Phi) is 3.92. The number of carbonyl (C=O) groups excluding carboxylic acids is 1. The van der Waals surface area contributed by atoms with Crippen LogP contribution in [0.5, 0.6) is 0 Å². The van der Waals surface area contributed by atoms with E-state index in [1.165, 1.54) is 6.07 Å². The lowest BCUT2D eigenvalue weighted by atomic mass is 10.0. The number of rotatable bonds is 3. The molecule has 0 aliphatic heterocycles. The molecule has 2 rings (SSSR count). The van der Waals surface area contributed by atoms with Gasteiger partial charge in [0.2, 0.25) is 0 Å². The molecule has 0 aromatic heterocycles. The minimum atomic E-state index is -0.510. The maximum Gasteiger partial charge on any atom is 0.196 e. The van der Waals surface area contributed by atoms with Crippen molar-refractivity contribution in [1.82, 2.24) is 0 Å². The molecule has 3 heteroatoms. The predicted octanol–water partition coefficient (Wildman–Crippen LogP) is 4.38. The molecule has 92 valence electrons. The Labute approximate surface area is 114 Å². The first kappa shape index (κ1) is 13.0. The van der Waals surface area contributed by atoms with Gasteiger partial charge in [0.25, 0.3) is 0 Å². The number of halogens is 2.